The molecular weight excluding hydrogens is 402 g/mol. The average molecular weight is 428 g/mol. The number of aromatic nitrogens is 3. The number of methoxy groups -OCH3 is 1. The number of piperazine rings is 1. The molecule has 8 nitrogen and oxygen atoms in total. The van der Waals surface area contributed by atoms with E-state index in [1.807, 2.05) is 36.7 Å². The van der Waals surface area contributed by atoms with Gasteiger partial charge in [0.25, 0.3) is 0 Å². The molecule has 0 N–H and O–H groups in total. The summed E-state index contributed by atoms with van der Waals surface area (Å²) in [6.07, 6.45) is 1.74. The summed E-state index contributed by atoms with van der Waals surface area (Å²) in [6.45, 7) is 6.00. The molecule has 3 heterocycles. The summed E-state index contributed by atoms with van der Waals surface area (Å²) < 4.78 is 34.6. The molecule has 4 rings (SSSR count). The highest BCUT2D eigenvalue weighted by molar-refractivity contribution is 7.89. The third-order valence-corrected chi connectivity index (χ3v) is 7.25. The van der Waals surface area contributed by atoms with Gasteiger partial charge >= 0.3 is 0 Å². The average Bonchev–Trinajstić information content (AvgIpc) is 3.08. The molecule has 0 aliphatic carbocycles. The number of aryl methyl sites for hydroxylation is 1. The summed E-state index contributed by atoms with van der Waals surface area (Å²) in [5.41, 5.74) is 2.94. The highest BCUT2D eigenvalue weighted by Gasteiger charge is 2.30. The van der Waals surface area contributed by atoms with Gasteiger partial charge in [0.05, 0.1) is 29.1 Å². The Morgan fingerprint density at radius 2 is 1.77 bits per heavy atom. The maximum Gasteiger partial charge on any atom is 0.243 e. The minimum atomic E-state index is -3.56. The van der Waals surface area contributed by atoms with Gasteiger partial charge < -0.3 is 9.64 Å². The van der Waals surface area contributed by atoms with Crippen molar-refractivity contribution in [2.24, 2.45) is 0 Å². The van der Waals surface area contributed by atoms with E-state index in [1.54, 1.807) is 30.5 Å². The van der Waals surface area contributed by atoms with E-state index in [0.29, 0.717) is 31.9 Å². The van der Waals surface area contributed by atoms with Gasteiger partial charge in [-0.25, -0.2) is 18.1 Å². The van der Waals surface area contributed by atoms with Crippen LogP contribution in [0, 0.1) is 13.8 Å². The Labute approximate surface area is 176 Å². The van der Waals surface area contributed by atoms with Crippen molar-refractivity contribution in [3.63, 3.8) is 0 Å². The maximum absolute atomic E-state index is 13.0. The molecule has 9 heteroatoms. The molecule has 0 saturated carbocycles. The Morgan fingerprint density at radius 1 is 1.00 bits per heavy atom. The molecular formula is C21H25N5O3S. The van der Waals surface area contributed by atoms with E-state index in [0.717, 1.165) is 22.9 Å². The topological polar surface area (TPSA) is 80.6 Å². The first-order valence-corrected chi connectivity index (χ1v) is 11.2. The molecule has 1 aromatic carbocycles. The SMILES string of the molecule is COc1cccc(S(=O)(=O)N2CCN(c3c(C)nn(-c4ccccn4)c3C)CC2)c1. The predicted molar refractivity (Wildman–Crippen MR) is 115 cm³/mol. The van der Waals surface area contributed by atoms with E-state index in [9.17, 15) is 8.42 Å². The quantitative estimate of drug-likeness (QED) is 0.622. The van der Waals surface area contributed by atoms with Crippen molar-refractivity contribution in [3.8, 4) is 11.6 Å². The van der Waals surface area contributed by atoms with Crippen molar-refractivity contribution in [1.29, 1.82) is 0 Å². The summed E-state index contributed by atoms with van der Waals surface area (Å²) in [7, 11) is -2.03. The summed E-state index contributed by atoms with van der Waals surface area (Å²) >= 11 is 0. The standard InChI is InChI=1S/C21H25N5O3S/c1-16-21(17(2)26(23-16)20-9-4-5-10-22-20)24-11-13-25(14-12-24)30(27,28)19-8-6-7-18(15-19)29-3/h4-10,15H,11-14H2,1-3H3. The zero-order chi connectivity index (χ0) is 21.3. The van der Waals surface area contributed by atoms with Crippen molar-refractivity contribution >= 4 is 15.7 Å². The van der Waals surface area contributed by atoms with Crippen molar-refractivity contribution < 1.29 is 13.2 Å². The van der Waals surface area contributed by atoms with E-state index < -0.39 is 10.0 Å². The fourth-order valence-corrected chi connectivity index (χ4v) is 5.31. The minimum absolute atomic E-state index is 0.255. The lowest BCUT2D eigenvalue weighted by Gasteiger charge is -2.35. The number of anilines is 1. The van der Waals surface area contributed by atoms with Gasteiger partial charge in [-0.2, -0.15) is 9.40 Å². The van der Waals surface area contributed by atoms with Crippen LogP contribution in [0.25, 0.3) is 5.82 Å². The number of hydrogen-bond acceptors (Lipinski definition) is 6. The molecule has 2 aromatic heterocycles. The van der Waals surface area contributed by atoms with Gasteiger partial charge in [-0.15, -0.1) is 0 Å². The Balaban J connectivity index is 1.53. The molecule has 1 fully saturated rings. The van der Waals surface area contributed by atoms with Crippen LogP contribution in [0.5, 0.6) is 5.75 Å². The molecule has 1 aliphatic heterocycles. The number of benzene rings is 1. The molecule has 0 atom stereocenters. The normalized spacial score (nSPS) is 15.4. The van der Waals surface area contributed by atoms with Crippen LogP contribution < -0.4 is 9.64 Å². The summed E-state index contributed by atoms with van der Waals surface area (Å²) in [5.74, 6) is 1.30. The summed E-state index contributed by atoms with van der Waals surface area (Å²) in [5, 5.41) is 4.66. The number of sulfonamides is 1. The first-order chi connectivity index (χ1) is 14.4. The second-order valence-electron chi connectivity index (χ2n) is 7.19. The van der Waals surface area contributed by atoms with Crippen LogP contribution in [0.15, 0.2) is 53.6 Å². The summed E-state index contributed by atoms with van der Waals surface area (Å²) in [6, 6.07) is 12.3. The van der Waals surface area contributed by atoms with Crippen LogP contribution >= 0.6 is 0 Å². The number of hydrogen-bond donors (Lipinski definition) is 0. The fourth-order valence-electron chi connectivity index (χ4n) is 3.86. The van der Waals surface area contributed by atoms with Crippen LogP contribution in [0.4, 0.5) is 5.69 Å². The predicted octanol–water partition coefficient (Wildman–Crippen LogP) is 2.40. The van der Waals surface area contributed by atoms with E-state index in [-0.39, 0.29) is 4.90 Å². The fraction of sp³-hybridized carbons (Fsp3) is 0.333. The monoisotopic (exact) mass is 427 g/mol. The third kappa shape index (κ3) is 3.66. The Kier molecular flexibility index (Phi) is 5.48. The first kappa shape index (κ1) is 20.4. The van der Waals surface area contributed by atoms with Gasteiger partial charge in [-0.3, -0.25) is 0 Å². The van der Waals surface area contributed by atoms with Crippen molar-refractivity contribution in [1.82, 2.24) is 19.1 Å². The molecule has 0 bridgehead atoms. The number of ether oxygens (including phenoxy) is 1. The van der Waals surface area contributed by atoms with E-state index in [4.69, 9.17) is 4.74 Å². The lowest BCUT2D eigenvalue weighted by atomic mass is 10.2. The largest absolute Gasteiger partial charge is 0.497 e. The van der Waals surface area contributed by atoms with Gasteiger partial charge in [0.1, 0.15) is 5.75 Å². The first-order valence-electron chi connectivity index (χ1n) is 9.78. The number of pyridine rings is 1. The lowest BCUT2D eigenvalue weighted by molar-refractivity contribution is 0.383. The Bertz CT molecular complexity index is 1140. The zero-order valence-corrected chi connectivity index (χ0v) is 18.1. The van der Waals surface area contributed by atoms with Gasteiger partial charge in [-0.05, 0) is 38.1 Å². The minimum Gasteiger partial charge on any atom is -0.497 e. The third-order valence-electron chi connectivity index (χ3n) is 5.35. The van der Waals surface area contributed by atoms with Crippen LogP contribution in [-0.2, 0) is 10.0 Å². The van der Waals surface area contributed by atoms with E-state index in [2.05, 4.69) is 15.0 Å². The molecule has 3 aromatic rings. The van der Waals surface area contributed by atoms with Gasteiger partial charge in [0.2, 0.25) is 10.0 Å². The van der Waals surface area contributed by atoms with Crippen LogP contribution in [0.1, 0.15) is 11.4 Å². The second-order valence-corrected chi connectivity index (χ2v) is 9.13. The number of rotatable bonds is 5. The second kappa shape index (κ2) is 8.08. The van der Waals surface area contributed by atoms with Gasteiger partial charge in [0.15, 0.2) is 5.82 Å². The van der Waals surface area contributed by atoms with Crippen LogP contribution in [0.2, 0.25) is 0 Å². The lowest BCUT2D eigenvalue weighted by Crippen LogP contribution is -2.49. The number of nitrogens with zero attached hydrogens (tertiary/aromatic N) is 5. The van der Waals surface area contributed by atoms with E-state index >= 15 is 0 Å². The highest BCUT2D eigenvalue weighted by atomic mass is 32.2. The molecule has 0 amide bonds. The molecule has 30 heavy (non-hydrogen) atoms. The molecule has 0 spiro atoms. The maximum atomic E-state index is 13.0. The van der Waals surface area contributed by atoms with Gasteiger partial charge in [-0.1, -0.05) is 12.1 Å². The van der Waals surface area contributed by atoms with Crippen LogP contribution in [-0.4, -0.2) is 60.8 Å². The van der Waals surface area contributed by atoms with Crippen molar-refractivity contribution in [2.75, 3.05) is 38.2 Å². The Morgan fingerprint density at radius 3 is 2.43 bits per heavy atom. The molecule has 1 aliphatic rings. The molecule has 1 saturated heterocycles. The summed E-state index contributed by atoms with van der Waals surface area (Å²) in [4.78, 5) is 6.84. The van der Waals surface area contributed by atoms with Crippen molar-refractivity contribution in [2.45, 2.75) is 18.7 Å². The molecule has 0 radical (unpaired) electrons. The zero-order valence-electron chi connectivity index (χ0n) is 17.3. The Hall–Kier alpha value is -2.91. The van der Waals surface area contributed by atoms with Crippen molar-refractivity contribution in [3.05, 3.63) is 60.0 Å². The molecule has 0 unspecified atom stereocenters. The smallest absolute Gasteiger partial charge is 0.243 e. The van der Waals surface area contributed by atoms with Gasteiger partial charge in [0, 0.05) is 38.4 Å². The van der Waals surface area contributed by atoms with Crippen LogP contribution in [0.3, 0.4) is 0 Å². The highest BCUT2D eigenvalue weighted by Crippen LogP contribution is 2.29. The molecule has 158 valence electrons. The van der Waals surface area contributed by atoms with E-state index in [1.165, 1.54) is 11.4 Å².